The predicted molar refractivity (Wildman–Crippen MR) is 113 cm³/mol. The van der Waals surface area contributed by atoms with Crippen LogP contribution < -0.4 is 5.56 Å². The summed E-state index contributed by atoms with van der Waals surface area (Å²) in [5, 5.41) is 20.6. The van der Waals surface area contributed by atoms with Crippen molar-refractivity contribution < 1.29 is 5.11 Å². The van der Waals surface area contributed by atoms with Crippen LogP contribution >= 0.6 is 23.1 Å². The van der Waals surface area contributed by atoms with Gasteiger partial charge in [-0.1, -0.05) is 54.3 Å². The van der Waals surface area contributed by atoms with Crippen molar-refractivity contribution in [2.45, 2.75) is 11.3 Å². The number of pyridine rings is 2. The fourth-order valence-corrected chi connectivity index (χ4v) is 4.33. The van der Waals surface area contributed by atoms with Crippen molar-refractivity contribution in [3.8, 4) is 11.7 Å². The second kappa shape index (κ2) is 7.91. The van der Waals surface area contributed by atoms with Crippen LogP contribution in [0.3, 0.4) is 0 Å². The smallest absolute Gasteiger partial charge is 0.267 e. The maximum absolute atomic E-state index is 12.9. The van der Waals surface area contributed by atoms with E-state index in [1.807, 2.05) is 13.0 Å². The van der Waals surface area contributed by atoms with Crippen molar-refractivity contribution >= 4 is 45.2 Å². The van der Waals surface area contributed by atoms with Gasteiger partial charge >= 0.3 is 0 Å². The van der Waals surface area contributed by atoms with Gasteiger partial charge in [-0.05, 0) is 24.0 Å². The molecule has 28 heavy (non-hydrogen) atoms. The SMILES string of the molecule is CCSc1nnc(/N=C/c2c(O)n(-c3ccccn3)c(=O)c3ccccc23)s1. The van der Waals surface area contributed by atoms with Gasteiger partial charge in [-0.3, -0.25) is 4.79 Å². The maximum Gasteiger partial charge on any atom is 0.267 e. The Morgan fingerprint density at radius 2 is 1.96 bits per heavy atom. The first kappa shape index (κ1) is 18.3. The predicted octanol–water partition coefficient (Wildman–Crippen LogP) is 3.81. The molecule has 1 aromatic carbocycles. The molecule has 0 amide bonds. The third kappa shape index (κ3) is 3.41. The second-order valence-corrected chi connectivity index (χ2v) is 8.12. The summed E-state index contributed by atoms with van der Waals surface area (Å²) in [5.41, 5.74) is 0.0715. The van der Waals surface area contributed by atoms with Crippen molar-refractivity contribution in [1.29, 1.82) is 0 Å². The van der Waals surface area contributed by atoms with Crippen molar-refractivity contribution in [1.82, 2.24) is 19.7 Å². The summed E-state index contributed by atoms with van der Waals surface area (Å²) in [6, 6.07) is 12.2. The van der Waals surface area contributed by atoms with Crippen LogP contribution in [0.2, 0.25) is 0 Å². The van der Waals surface area contributed by atoms with Crippen molar-refractivity contribution in [3.63, 3.8) is 0 Å². The molecule has 0 aliphatic heterocycles. The van der Waals surface area contributed by atoms with E-state index < -0.39 is 0 Å². The summed E-state index contributed by atoms with van der Waals surface area (Å²) in [6.45, 7) is 2.04. The number of rotatable bonds is 5. The largest absolute Gasteiger partial charge is 0.494 e. The second-order valence-electron chi connectivity index (χ2n) is 5.65. The van der Waals surface area contributed by atoms with Crippen LogP contribution in [-0.4, -0.2) is 36.8 Å². The fourth-order valence-electron chi connectivity index (χ4n) is 2.74. The molecule has 0 saturated heterocycles. The van der Waals surface area contributed by atoms with E-state index in [4.69, 9.17) is 0 Å². The van der Waals surface area contributed by atoms with Gasteiger partial charge in [-0.15, -0.1) is 10.2 Å². The van der Waals surface area contributed by atoms with E-state index in [1.165, 1.54) is 22.1 Å². The number of benzene rings is 1. The first-order valence-electron chi connectivity index (χ1n) is 8.47. The van der Waals surface area contributed by atoms with Gasteiger partial charge in [0, 0.05) is 23.2 Å². The van der Waals surface area contributed by atoms with E-state index in [1.54, 1.807) is 54.4 Å². The zero-order valence-electron chi connectivity index (χ0n) is 14.8. The lowest BCUT2D eigenvalue weighted by Crippen LogP contribution is -2.20. The molecule has 0 fully saturated rings. The van der Waals surface area contributed by atoms with Gasteiger partial charge in [0.1, 0.15) is 5.82 Å². The van der Waals surface area contributed by atoms with Crippen molar-refractivity contribution in [2.24, 2.45) is 4.99 Å². The van der Waals surface area contributed by atoms with Crippen LogP contribution in [0, 0.1) is 0 Å². The molecule has 9 heteroatoms. The van der Waals surface area contributed by atoms with E-state index in [2.05, 4.69) is 20.2 Å². The Balaban J connectivity index is 1.89. The van der Waals surface area contributed by atoms with Crippen molar-refractivity contribution in [3.05, 3.63) is 64.6 Å². The minimum atomic E-state index is -0.346. The van der Waals surface area contributed by atoms with E-state index >= 15 is 0 Å². The normalized spacial score (nSPS) is 11.5. The van der Waals surface area contributed by atoms with Gasteiger partial charge in [-0.25, -0.2) is 14.5 Å². The summed E-state index contributed by atoms with van der Waals surface area (Å²) in [5.74, 6) is 1.01. The molecule has 0 aliphatic carbocycles. The molecule has 0 bridgehead atoms. The number of nitrogens with zero attached hydrogens (tertiary/aromatic N) is 5. The standard InChI is InChI=1S/C19H15N5O2S2/c1-2-27-19-23-22-18(28-19)21-11-14-12-7-3-4-8-13(12)16(25)24(17(14)26)15-9-5-6-10-20-15/h3-11,26H,2H2,1H3/b21-11+. The summed E-state index contributed by atoms with van der Waals surface area (Å²) >= 11 is 2.97. The minimum absolute atomic E-state index is 0.223. The first-order chi connectivity index (χ1) is 13.7. The number of fused-ring (bicyclic) bond motifs is 1. The average Bonchev–Trinajstić information content (AvgIpc) is 3.17. The molecule has 3 aromatic heterocycles. The van der Waals surface area contributed by atoms with Gasteiger partial charge in [-0.2, -0.15) is 0 Å². The van der Waals surface area contributed by atoms with E-state index in [9.17, 15) is 9.90 Å². The van der Waals surface area contributed by atoms with E-state index in [0.29, 0.717) is 27.3 Å². The average molecular weight is 409 g/mol. The maximum atomic E-state index is 12.9. The highest BCUT2D eigenvalue weighted by atomic mass is 32.2. The molecular weight excluding hydrogens is 394 g/mol. The topological polar surface area (TPSA) is 93.3 Å². The summed E-state index contributed by atoms with van der Waals surface area (Å²) < 4.78 is 2.02. The van der Waals surface area contributed by atoms with Gasteiger partial charge in [0.2, 0.25) is 11.0 Å². The highest BCUT2D eigenvalue weighted by Crippen LogP contribution is 2.29. The Hall–Kier alpha value is -3.04. The van der Waals surface area contributed by atoms with Crippen molar-refractivity contribution in [2.75, 3.05) is 5.75 Å². The Labute approximate surface area is 168 Å². The molecular formula is C19H15N5O2S2. The van der Waals surface area contributed by atoms with Crippen LogP contribution in [0.4, 0.5) is 5.13 Å². The molecule has 0 spiro atoms. The molecule has 7 nitrogen and oxygen atoms in total. The molecule has 4 rings (SSSR count). The third-order valence-corrected chi connectivity index (χ3v) is 5.80. The van der Waals surface area contributed by atoms with E-state index in [-0.39, 0.29) is 11.4 Å². The number of thioether (sulfide) groups is 1. The number of aromatic nitrogens is 4. The number of aliphatic imine (C=N–C) groups is 1. The quantitative estimate of drug-likeness (QED) is 0.398. The number of aromatic hydroxyl groups is 1. The molecule has 0 unspecified atom stereocenters. The molecule has 0 aliphatic rings. The molecule has 0 saturated carbocycles. The van der Waals surface area contributed by atoms with Crippen LogP contribution in [0.25, 0.3) is 16.6 Å². The minimum Gasteiger partial charge on any atom is -0.494 e. The zero-order valence-corrected chi connectivity index (χ0v) is 16.4. The zero-order chi connectivity index (χ0) is 19.5. The Morgan fingerprint density at radius 1 is 1.18 bits per heavy atom. The van der Waals surface area contributed by atoms with Gasteiger partial charge in [0.25, 0.3) is 5.56 Å². The Kier molecular flexibility index (Phi) is 5.18. The Bertz CT molecular complexity index is 1220. The molecule has 1 N–H and O–H groups in total. The first-order valence-corrected chi connectivity index (χ1v) is 10.3. The fraction of sp³-hybridized carbons (Fsp3) is 0.105. The lowest BCUT2D eigenvalue weighted by atomic mass is 10.1. The van der Waals surface area contributed by atoms with Crippen LogP contribution in [-0.2, 0) is 0 Å². The van der Waals surface area contributed by atoms with Crippen LogP contribution in [0.5, 0.6) is 5.88 Å². The summed E-state index contributed by atoms with van der Waals surface area (Å²) in [6.07, 6.45) is 3.08. The van der Waals surface area contributed by atoms with Gasteiger partial charge in [0.15, 0.2) is 4.34 Å². The number of hydrogen-bond donors (Lipinski definition) is 1. The lowest BCUT2D eigenvalue weighted by Gasteiger charge is -2.12. The van der Waals surface area contributed by atoms with Gasteiger partial charge < -0.3 is 5.11 Å². The molecule has 140 valence electrons. The van der Waals surface area contributed by atoms with Gasteiger partial charge in [0.05, 0.1) is 5.56 Å². The molecule has 3 heterocycles. The highest BCUT2D eigenvalue weighted by Gasteiger charge is 2.17. The lowest BCUT2D eigenvalue weighted by molar-refractivity contribution is 0.435. The van der Waals surface area contributed by atoms with Crippen LogP contribution in [0.15, 0.2) is 62.8 Å². The Morgan fingerprint density at radius 3 is 2.71 bits per heavy atom. The monoisotopic (exact) mass is 409 g/mol. The van der Waals surface area contributed by atoms with E-state index in [0.717, 1.165) is 10.1 Å². The third-order valence-electron chi connectivity index (χ3n) is 3.95. The molecule has 4 aromatic rings. The van der Waals surface area contributed by atoms with Crippen LogP contribution in [0.1, 0.15) is 12.5 Å². The number of hydrogen-bond acceptors (Lipinski definition) is 8. The molecule has 0 atom stereocenters. The highest BCUT2D eigenvalue weighted by molar-refractivity contribution is 8.01. The summed E-state index contributed by atoms with van der Waals surface area (Å²) in [4.78, 5) is 21.5. The molecule has 0 radical (unpaired) electrons. The summed E-state index contributed by atoms with van der Waals surface area (Å²) in [7, 11) is 0.